The Balaban J connectivity index is 2.62. The fourth-order valence-corrected chi connectivity index (χ4v) is 1.27. The van der Waals surface area contributed by atoms with Crippen LogP contribution in [0.2, 0.25) is 0 Å². The number of nitrogens with two attached hydrogens (primary N) is 1. The van der Waals surface area contributed by atoms with E-state index in [9.17, 15) is 14.3 Å². The lowest BCUT2D eigenvalue weighted by molar-refractivity contribution is -0.123. The van der Waals surface area contributed by atoms with Crippen LogP contribution >= 0.6 is 0 Å². The molecule has 0 heterocycles. The smallest absolute Gasteiger partial charge is 0.237 e. The zero-order valence-corrected chi connectivity index (χ0v) is 9.90. The van der Waals surface area contributed by atoms with Crippen LogP contribution in [0, 0.1) is 5.82 Å². The third-order valence-electron chi connectivity index (χ3n) is 2.59. The van der Waals surface area contributed by atoms with Gasteiger partial charge in [0, 0.05) is 6.54 Å². The Kier molecular flexibility index (Phi) is 4.20. The minimum atomic E-state index is -0.908. The number of carbonyl (C=O) groups is 1. The summed E-state index contributed by atoms with van der Waals surface area (Å²) in [5, 5.41) is 12.6. The summed E-state index contributed by atoms with van der Waals surface area (Å²) in [7, 11) is 0. The van der Waals surface area contributed by atoms with E-state index in [4.69, 9.17) is 5.73 Å². The number of primary amides is 1. The van der Waals surface area contributed by atoms with Crippen LogP contribution in [0.15, 0.2) is 24.3 Å². The zero-order valence-electron chi connectivity index (χ0n) is 9.90. The highest BCUT2D eigenvalue weighted by Crippen LogP contribution is 2.14. The average molecular weight is 240 g/mol. The minimum absolute atomic E-state index is 0.124. The van der Waals surface area contributed by atoms with Crippen molar-refractivity contribution in [1.29, 1.82) is 0 Å². The van der Waals surface area contributed by atoms with Crippen molar-refractivity contribution in [3.05, 3.63) is 35.6 Å². The van der Waals surface area contributed by atoms with Gasteiger partial charge in [-0.25, -0.2) is 4.39 Å². The molecular weight excluding hydrogens is 223 g/mol. The number of nitrogens with one attached hydrogen (secondary N) is 1. The predicted octanol–water partition coefficient (Wildman–Crippen LogP) is 0.713. The van der Waals surface area contributed by atoms with Crippen molar-refractivity contribution in [3.8, 4) is 0 Å². The molecule has 0 saturated carbocycles. The Bertz CT molecular complexity index is 407. The first-order valence-electron chi connectivity index (χ1n) is 5.31. The van der Waals surface area contributed by atoms with Crippen molar-refractivity contribution in [2.24, 2.45) is 5.73 Å². The lowest BCUT2D eigenvalue weighted by Gasteiger charge is -2.24. The SMILES string of the molecule is CC(C)(NCC(O)c1cccc(F)c1)C(N)=O. The molecule has 1 atom stereocenters. The van der Waals surface area contributed by atoms with Crippen LogP contribution in [0.1, 0.15) is 25.5 Å². The molecule has 17 heavy (non-hydrogen) atoms. The van der Waals surface area contributed by atoms with Gasteiger partial charge in [-0.1, -0.05) is 12.1 Å². The number of hydrogen-bond donors (Lipinski definition) is 3. The summed E-state index contributed by atoms with van der Waals surface area (Å²) in [4.78, 5) is 11.0. The summed E-state index contributed by atoms with van der Waals surface area (Å²) in [6.45, 7) is 3.36. The molecule has 94 valence electrons. The average Bonchev–Trinajstić information content (AvgIpc) is 2.25. The maximum atomic E-state index is 12.9. The number of benzene rings is 1. The molecular formula is C12H17FN2O2. The van der Waals surface area contributed by atoms with Crippen LogP contribution in [0.25, 0.3) is 0 Å². The summed E-state index contributed by atoms with van der Waals surface area (Å²) < 4.78 is 12.9. The highest BCUT2D eigenvalue weighted by molar-refractivity contribution is 5.83. The molecule has 0 aliphatic rings. The van der Waals surface area contributed by atoms with Crippen LogP contribution in [-0.4, -0.2) is 23.1 Å². The summed E-state index contributed by atoms with van der Waals surface area (Å²) in [5.41, 5.74) is 4.72. The first-order chi connectivity index (χ1) is 7.83. The number of hydrogen-bond acceptors (Lipinski definition) is 3. The molecule has 0 fully saturated rings. The molecule has 0 aromatic heterocycles. The first-order valence-corrected chi connectivity index (χ1v) is 5.31. The highest BCUT2D eigenvalue weighted by Gasteiger charge is 2.25. The van der Waals surface area contributed by atoms with Gasteiger partial charge < -0.3 is 16.2 Å². The topological polar surface area (TPSA) is 75.3 Å². The maximum absolute atomic E-state index is 12.9. The van der Waals surface area contributed by atoms with Gasteiger partial charge in [-0.3, -0.25) is 4.79 Å². The van der Waals surface area contributed by atoms with E-state index in [0.29, 0.717) is 5.56 Å². The van der Waals surface area contributed by atoms with Gasteiger partial charge in [0.05, 0.1) is 11.6 Å². The fourth-order valence-electron chi connectivity index (χ4n) is 1.27. The Morgan fingerprint density at radius 2 is 2.24 bits per heavy atom. The fraction of sp³-hybridized carbons (Fsp3) is 0.417. The van der Waals surface area contributed by atoms with Crippen molar-refractivity contribution in [2.75, 3.05) is 6.54 Å². The van der Waals surface area contributed by atoms with Crippen molar-refractivity contribution < 1.29 is 14.3 Å². The molecule has 4 nitrogen and oxygen atoms in total. The van der Waals surface area contributed by atoms with E-state index >= 15 is 0 Å². The van der Waals surface area contributed by atoms with Crippen LogP contribution in [0.3, 0.4) is 0 Å². The third-order valence-corrected chi connectivity index (χ3v) is 2.59. The maximum Gasteiger partial charge on any atom is 0.237 e. The number of aliphatic hydroxyl groups is 1. The van der Waals surface area contributed by atoms with Gasteiger partial charge in [-0.05, 0) is 31.5 Å². The van der Waals surface area contributed by atoms with Crippen LogP contribution in [-0.2, 0) is 4.79 Å². The molecule has 1 unspecified atom stereocenters. The van der Waals surface area contributed by atoms with Gasteiger partial charge in [-0.2, -0.15) is 0 Å². The first kappa shape index (κ1) is 13.6. The Hall–Kier alpha value is -1.46. The van der Waals surface area contributed by atoms with Crippen molar-refractivity contribution in [1.82, 2.24) is 5.32 Å². The molecule has 0 aliphatic carbocycles. The Morgan fingerprint density at radius 3 is 2.76 bits per heavy atom. The quantitative estimate of drug-likeness (QED) is 0.709. The molecule has 0 aliphatic heterocycles. The monoisotopic (exact) mass is 240 g/mol. The molecule has 5 heteroatoms. The van der Waals surface area contributed by atoms with Crippen LogP contribution in [0.5, 0.6) is 0 Å². The number of aliphatic hydroxyl groups excluding tert-OH is 1. The third kappa shape index (κ3) is 3.80. The van der Waals surface area contributed by atoms with Gasteiger partial charge in [0.1, 0.15) is 5.82 Å². The number of β-amino-alcohol motifs (C(OH)–C–C–N with tert-alkyl or cyclic N) is 1. The summed E-state index contributed by atoms with van der Waals surface area (Å²) in [5.74, 6) is -0.917. The Morgan fingerprint density at radius 1 is 1.59 bits per heavy atom. The van der Waals surface area contributed by atoms with Crippen LogP contribution in [0.4, 0.5) is 4.39 Å². The van der Waals surface area contributed by atoms with Gasteiger partial charge >= 0.3 is 0 Å². The van der Waals surface area contributed by atoms with Gasteiger partial charge in [0.2, 0.25) is 5.91 Å². The molecule has 0 spiro atoms. The van der Waals surface area contributed by atoms with Gasteiger partial charge in [0.15, 0.2) is 0 Å². The molecule has 1 rings (SSSR count). The summed E-state index contributed by atoms with van der Waals surface area (Å²) in [6.07, 6.45) is -0.885. The second kappa shape index (κ2) is 5.25. The molecule has 0 radical (unpaired) electrons. The van der Waals surface area contributed by atoms with E-state index in [0.717, 1.165) is 0 Å². The second-order valence-electron chi connectivity index (χ2n) is 4.44. The second-order valence-corrected chi connectivity index (χ2v) is 4.44. The van der Waals surface area contributed by atoms with Crippen molar-refractivity contribution >= 4 is 5.91 Å². The van der Waals surface area contributed by atoms with Crippen molar-refractivity contribution in [2.45, 2.75) is 25.5 Å². The van der Waals surface area contributed by atoms with E-state index in [1.165, 1.54) is 18.2 Å². The van der Waals surface area contributed by atoms with E-state index in [1.54, 1.807) is 19.9 Å². The molecule has 0 bridgehead atoms. The van der Waals surface area contributed by atoms with Gasteiger partial charge in [0.25, 0.3) is 0 Å². The van der Waals surface area contributed by atoms with Gasteiger partial charge in [-0.15, -0.1) is 0 Å². The lowest BCUT2D eigenvalue weighted by atomic mass is 10.0. The van der Waals surface area contributed by atoms with E-state index < -0.39 is 23.4 Å². The Labute approximate surface area is 99.6 Å². The van der Waals surface area contributed by atoms with Crippen LogP contribution < -0.4 is 11.1 Å². The molecule has 1 aromatic rings. The van der Waals surface area contributed by atoms with E-state index in [1.807, 2.05) is 0 Å². The number of carbonyl (C=O) groups excluding carboxylic acids is 1. The number of amides is 1. The van der Waals surface area contributed by atoms with E-state index in [2.05, 4.69) is 5.32 Å². The number of halogens is 1. The molecule has 4 N–H and O–H groups in total. The zero-order chi connectivity index (χ0) is 13.1. The lowest BCUT2D eigenvalue weighted by Crippen LogP contribution is -2.51. The summed E-state index contributed by atoms with van der Waals surface area (Å²) in [6, 6.07) is 5.69. The molecule has 0 saturated heterocycles. The predicted molar refractivity (Wildman–Crippen MR) is 62.6 cm³/mol. The normalized spacial score (nSPS) is 13.4. The van der Waals surface area contributed by atoms with Crippen molar-refractivity contribution in [3.63, 3.8) is 0 Å². The van der Waals surface area contributed by atoms with E-state index in [-0.39, 0.29) is 6.54 Å². The summed E-state index contributed by atoms with van der Waals surface area (Å²) >= 11 is 0. The highest BCUT2D eigenvalue weighted by atomic mass is 19.1. The largest absolute Gasteiger partial charge is 0.387 e. The molecule has 1 aromatic carbocycles. The minimum Gasteiger partial charge on any atom is -0.387 e. The molecule has 1 amide bonds. The number of rotatable bonds is 5. The standard InChI is InChI=1S/C12H17FN2O2/c1-12(2,11(14)17)15-7-10(16)8-4-3-5-9(13)6-8/h3-6,10,15-16H,7H2,1-2H3,(H2,14,17).